The number of hydrogen-bond acceptors (Lipinski definition) is 5. The lowest BCUT2D eigenvalue weighted by atomic mass is 9.99. The van der Waals surface area contributed by atoms with Gasteiger partial charge < -0.3 is 10.1 Å². The van der Waals surface area contributed by atoms with E-state index < -0.39 is 16.9 Å². The van der Waals surface area contributed by atoms with Crippen molar-refractivity contribution < 1.29 is 23.1 Å². The second kappa shape index (κ2) is 12.1. The average molecular weight is 589 g/mol. The molecule has 2 amide bonds. The molecule has 1 aromatic heterocycles. The van der Waals surface area contributed by atoms with Crippen molar-refractivity contribution in [1.82, 2.24) is 15.1 Å². The third-order valence-electron chi connectivity index (χ3n) is 7.48. The summed E-state index contributed by atoms with van der Waals surface area (Å²) in [4.78, 5) is 28.5. The van der Waals surface area contributed by atoms with E-state index in [4.69, 9.17) is 9.84 Å². The number of thioether (sulfide) groups is 1. The van der Waals surface area contributed by atoms with Crippen LogP contribution in [0.4, 0.5) is 14.6 Å². The Kier molecular flexibility index (Phi) is 8.08. The Morgan fingerprint density at radius 2 is 1.93 bits per heavy atom. The van der Waals surface area contributed by atoms with Crippen LogP contribution < -0.4 is 10.2 Å². The highest BCUT2D eigenvalue weighted by Gasteiger charge is 2.38. The Morgan fingerprint density at radius 1 is 1.10 bits per heavy atom. The van der Waals surface area contributed by atoms with E-state index in [1.54, 1.807) is 4.68 Å². The Bertz CT molecular complexity index is 1620. The van der Waals surface area contributed by atoms with Crippen LogP contribution in [0.25, 0.3) is 16.9 Å². The van der Waals surface area contributed by atoms with Gasteiger partial charge in [0, 0.05) is 35.9 Å². The smallest absolute Gasteiger partial charge is 0.240 e. The van der Waals surface area contributed by atoms with Crippen molar-refractivity contribution in [2.75, 3.05) is 30.3 Å². The molecular formula is C32H30F2N4O3S. The van der Waals surface area contributed by atoms with Crippen molar-refractivity contribution in [2.24, 2.45) is 0 Å². The molecule has 0 spiro atoms. The molecule has 2 aliphatic rings. The van der Waals surface area contributed by atoms with Crippen molar-refractivity contribution in [3.8, 4) is 16.9 Å². The molecule has 1 N–H and O–H groups in total. The average Bonchev–Trinajstić information content (AvgIpc) is 3.62. The van der Waals surface area contributed by atoms with E-state index in [1.807, 2.05) is 61.5 Å². The fraction of sp³-hybridized carbons (Fsp3) is 0.281. The first-order valence-electron chi connectivity index (χ1n) is 13.9. The van der Waals surface area contributed by atoms with Crippen molar-refractivity contribution in [3.63, 3.8) is 0 Å². The number of hydrogen-bond donors (Lipinski definition) is 1. The molecule has 6 rings (SSSR count). The van der Waals surface area contributed by atoms with Crippen molar-refractivity contribution in [2.45, 2.75) is 31.1 Å². The number of aryl methyl sites for hydroxylation is 1. The highest BCUT2D eigenvalue weighted by molar-refractivity contribution is 8.00. The van der Waals surface area contributed by atoms with Crippen LogP contribution in [0.5, 0.6) is 0 Å². The highest BCUT2D eigenvalue weighted by Crippen LogP contribution is 2.49. The van der Waals surface area contributed by atoms with Crippen LogP contribution in [0.3, 0.4) is 0 Å². The minimum absolute atomic E-state index is 0.0166. The molecule has 0 saturated carbocycles. The lowest BCUT2D eigenvalue weighted by molar-refractivity contribution is -0.123. The zero-order chi connectivity index (χ0) is 29.2. The van der Waals surface area contributed by atoms with Gasteiger partial charge in [-0.15, -0.1) is 11.8 Å². The molecule has 4 aromatic rings. The van der Waals surface area contributed by atoms with Gasteiger partial charge in [0.1, 0.15) is 24.0 Å². The minimum Gasteiger partial charge on any atom is -0.376 e. The first-order valence-corrected chi connectivity index (χ1v) is 14.9. The molecule has 0 radical (unpaired) electrons. The Labute approximate surface area is 246 Å². The standard InChI is InChI=1S/C32H30F2N4O3S/c1-20-7-5-10-23(15-20)38-32-29(30(36-38)21-8-3-2-4-9-21)31(25-13-12-22(33)16-26(25)34)42-19-28(40)37(32)18-27(39)35-17-24-11-6-14-41-24/h2-5,7-10,12-13,15-16,24,31H,6,11,14,17-19H2,1H3,(H,35,39)/t24-,31+/m1/s1. The van der Waals surface area contributed by atoms with E-state index in [1.165, 1.54) is 28.8 Å². The normalized spacial score (nSPS) is 18.5. The van der Waals surface area contributed by atoms with E-state index in [-0.39, 0.29) is 35.8 Å². The third kappa shape index (κ3) is 5.69. The lowest BCUT2D eigenvalue weighted by Gasteiger charge is -2.23. The van der Waals surface area contributed by atoms with Crippen molar-refractivity contribution >= 4 is 29.4 Å². The summed E-state index contributed by atoms with van der Waals surface area (Å²) in [5.74, 6) is -1.68. The van der Waals surface area contributed by atoms with E-state index in [0.29, 0.717) is 35.9 Å². The number of halogens is 2. The summed E-state index contributed by atoms with van der Waals surface area (Å²) in [7, 11) is 0. The third-order valence-corrected chi connectivity index (χ3v) is 8.72. The monoisotopic (exact) mass is 588 g/mol. The number of fused-ring (bicyclic) bond motifs is 1. The van der Waals surface area contributed by atoms with Gasteiger partial charge in [0.25, 0.3) is 0 Å². The molecule has 1 saturated heterocycles. The molecule has 3 heterocycles. The number of amides is 2. The second-order valence-corrected chi connectivity index (χ2v) is 11.6. The van der Waals surface area contributed by atoms with Gasteiger partial charge in [-0.2, -0.15) is 5.10 Å². The zero-order valence-corrected chi connectivity index (χ0v) is 23.9. The van der Waals surface area contributed by atoms with Crippen LogP contribution in [0, 0.1) is 18.6 Å². The number of aromatic nitrogens is 2. The summed E-state index contributed by atoms with van der Waals surface area (Å²) < 4.78 is 36.6. The van der Waals surface area contributed by atoms with Gasteiger partial charge in [0.2, 0.25) is 11.8 Å². The van der Waals surface area contributed by atoms with Crippen LogP contribution in [-0.2, 0) is 14.3 Å². The molecule has 3 aromatic carbocycles. The van der Waals surface area contributed by atoms with Gasteiger partial charge in [-0.25, -0.2) is 13.5 Å². The van der Waals surface area contributed by atoms with Crippen LogP contribution in [0.1, 0.15) is 34.8 Å². The first-order chi connectivity index (χ1) is 20.4. The number of rotatable bonds is 7. The highest BCUT2D eigenvalue weighted by atomic mass is 32.2. The summed E-state index contributed by atoms with van der Waals surface area (Å²) in [5.41, 5.74) is 3.81. The predicted octanol–water partition coefficient (Wildman–Crippen LogP) is 5.59. The van der Waals surface area contributed by atoms with Crippen LogP contribution in [-0.4, -0.2) is 53.1 Å². The van der Waals surface area contributed by atoms with Crippen LogP contribution >= 0.6 is 11.8 Å². The Hall–Kier alpha value is -4.02. The van der Waals surface area contributed by atoms with Crippen molar-refractivity contribution in [3.05, 3.63) is 101 Å². The molecule has 0 unspecified atom stereocenters. The van der Waals surface area contributed by atoms with Gasteiger partial charge >= 0.3 is 0 Å². The summed E-state index contributed by atoms with van der Waals surface area (Å²) in [6.07, 6.45) is 1.77. The number of carbonyl (C=O) groups is 2. The van der Waals surface area contributed by atoms with Gasteiger partial charge in [-0.1, -0.05) is 48.5 Å². The molecule has 2 atom stereocenters. The van der Waals surface area contributed by atoms with E-state index in [0.717, 1.165) is 30.0 Å². The van der Waals surface area contributed by atoms with E-state index in [9.17, 15) is 14.0 Å². The number of nitrogens with zero attached hydrogens (tertiary/aromatic N) is 3. The van der Waals surface area contributed by atoms with Gasteiger partial charge in [0.05, 0.1) is 28.5 Å². The SMILES string of the molecule is Cc1cccc(-n2nc(-c3ccccc3)c3c2N(CC(=O)NC[C@H]2CCCO2)C(=O)CS[C@H]3c2ccc(F)cc2F)c1. The molecule has 10 heteroatoms. The number of carbonyl (C=O) groups excluding carboxylic acids is 2. The van der Waals surface area contributed by atoms with E-state index >= 15 is 4.39 Å². The number of benzene rings is 3. The Morgan fingerprint density at radius 3 is 2.67 bits per heavy atom. The largest absolute Gasteiger partial charge is 0.376 e. The van der Waals surface area contributed by atoms with Gasteiger partial charge in [0.15, 0.2) is 0 Å². The van der Waals surface area contributed by atoms with E-state index in [2.05, 4.69) is 5.32 Å². The number of ether oxygens (including phenoxy) is 1. The maximum absolute atomic E-state index is 15.4. The molecule has 7 nitrogen and oxygen atoms in total. The van der Waals surface area contributed by atoms with Crippen LogP contribution in [0.15, 0.2) is 72.8 Å². The summed E-state index contributed by atoms with van der Waals surface area (Å²) in [6.45, 7) is 2.74. The molecular weight excluding hydrogens is 558 g/mol. The first kappa shape index (κ1) is 28.1. The molecule has 0 bridgehead atoms. The molecule has 0 aliphatic carbocycles. The maximum atomic E-state index is 15.4. The number of nitrogens with one attached hydrogen (secondary N) is 1. The van der Waals surface area contributed by atoms with Crippen molar-refractivity contribution in [1.29, 1.82) is 0 Å². The summed E-state index contributed by atoms with van der Waals surface area (Å²) in [6, 6.07) is 20.6. The minimum atomic E-state index is -0.712. The molecule has 42 heavy (non-hydrogen) atoms. The van der Waals surface area contributed by atoms with Crippen LogP contribution in [0.2, 0.25) is 0 Å². The Balaban J connectivity index is 1.53. The zero-order valence-electron chi connectivity index (χ0n) is 23.1. The lowest BCUT2D eigenvalue weighted by Crippen LogP contribution is -2.44. The predicted molar refractivity (Wildman–Crippen MR) is 159 cm³/mol. The maximum Gasteiger partial charge on any atom is 0.240 e. The topological polar surface area (TPSA) is 76.5 Å². The summed E-state index contributed by atoms with van der Waals surface area (Å²) in [5, 5.41) is 7.22. The molecule has 2 aliphatic heterocycles. The fourth-order valence-electron chi connectivity index (χ4n) is 5.46. The molecule has 216 valence electrons. The summed E-state index contributed by atoms with van der Waals surface area (Å²) >= 11 is 1.23. The van der Waals surface area contributed by atoms with Gasteiger partial charge in [-0.05, 0) is 43.5 Å². The quantitative estimate of drug-likeness (QED) is 0.305. The number of anilines is 1. The molecule has 1 fully saturated rings. The fourth-order valence-corrected chi connectivity index (χ4v) is 6.68. The second-order valence-electron chi connectivity index (χ2n) is 10.5. The van der Waals surface area contributed by atoms with Gasteiger partial charge in [-0.3, -0.25) is 14.5 Å².